The van der Waals surface area contributed by atoms with Gasteiger partial charge < -0.3 is 9.47 Å². The van der Waals surface area contributed by atoms with Crippen molar-refractivity contribution in [2.45, 2.75) is 30.5 Å². The van der Waals surface area contributed by atoms with E-state index < -0.39 is 0 Å². The first-order chi connectivity index (χ1) is 8.84. The highest BCUT2D eigenvalue weighted by Gasteiger charge is 2.24. The molecule has 0 spiro atoms. The average molecular weight is 311 g/mol. The van der Waals surface area contributed by atoms with Crippen LogP contribution in [0.4, 0.5) is 0 Å². The van der Waals surface area contributed by atoms with Gasteiger partial charge in [-0.15, -0.1) is 0 Å². The number of alkyl halides is 1. The molecule has 0 saturated carbocycles. The van der Waals surface area contributed by atoms with Gasteiger partial charge in [-0.1, -0.05) is 28.1 Å². The molecule has 0 radical (unpaired) electrons. The topological polar surface area (TPSA) is 18.5 Å². The van der Waals surface area contributed by atoms with Crippen LogP contribution in [0.3, 0.4) is 0 Å². The second kappa shape index (κ2) is 5.62. The fraction of sp³-hybridized carbons (Fsp3) is 0.600. The summed E-state index contributed by atoms with van der Waals surface area (Å²) in [5, 5.41) is 0. The number of fused-ring (bicyclic) bond motifs is 1. The van der Waals surface area contributed by atoms with E-state index in [1.165, 1.54) is 24.0 Å². The van der Waals surface area contributed by atoms with Crippen LogP contribution in [0.5, 0.6) is 5.75 Å². The monoisotopic (exact) mass is 310 g/mol. The molecular formula is C15H19BrO2. The first-order valence-corrected chi connectivity index (χ1v) is 7.73. The van der Waals surface area contributed by atoms with Crippen LogP contribution >= 0.6 is 15.9 Å². The van der Waals surface area contributed by atoms with E-state index in [1.54, 1.807) is 0 Å². The Morgan fingerprint density at radius 3 is 3.00 bits per heavy atom. The van der Waals surface area contributed by atoms with Gasteiger partial charge in [-0.25, -0.2) is 0 Å². The Balaban J connectivity index is 1.78. The minimum atomic E-state index is 0.407. The zero-order chi connectivity index (χ0) is 12.4. The van der Waals surface area contributed by atoms with E-state index in [9.17, 15) is 0 Å². The lowest BCUT2D eigenvalue weighted by molar-refractivity contribution is 0.0546. The van der Waals surface area contributed by atoms with E-state index in [2.05, 4.69) is 34.1 Å². The Bertz CT molecular complexity index is 413. The maximum atomic E-state index is 5.66. The van der Waals surface area contributed by atoms with E-state index in [0.717, 1.165) is 38.4 Å². The molecule has 2 nitrogen and oxygen atoms in total. The van der Waals surface area contributed by atoms with Crippen LogP contribution in [-0.4, -0.2) is 19.8 Å². The Kier molecular flexibility index (Phi) is 3.90. The maximum Gasteiger partial charge on any atom is 0.122 e. The minimum Gasteiger partial charge on any atom is -0.493 e. The summed E-state index contributed by atoms with van der Waals surface area (Å²) in [5.74, 6) is 1.67. The fourth-order valence-electron chi connectivity index (χ4n) is 2.82. The molecule has 2 unspecified atom stereocenters. The van der Waals surface area contributed by atoms with Crippen LogP contribution in [0.15, 0.2) is 18.2 Å². The maximum absolute atomic E-state index is 5.66. The summed E-state index contributed by atoms with van der Waals surface area (Å²) in [6.07, 6.45) is 4.71. The second-order valence-corrected chi connectivity index (χ2v) is 6.18. The molecule has 98 valence electrons. The molecule has 3 heteroatoms. The summed E-state index contributed by atoms with van der Waals surface area (Å²) in [5.41, 5.74) is 2.73. The average Bonchev–Trinajstić information content (AvgIpc) is 2.47. The largest absolute Gasteiger partial charge is 0.493 e. The van der Waals surface area contributed by atoms with E-state index in [4.69, 9.17) is 9.47 Å². The number of hydrogen-bond acceptors (Lipinski definition) is 2. The molecule has 3 rings (SSSR count). The van der Waals surface area contributed by atoms with Crippen LogP contribution in [0.2, 0.25) is 0 Å². The van der Waals surface area contributed by atoms with Crippen molar-refractivity contribution in [3.8, 4) is 5.75 Å². The third-order valence-corrected chi connectivity index (χ3v) is 5.14. The summed E-state index contributed by atoms with van der Waals surface area (Å²) in [6.45, 7) is 2.66. The van der Waals surface area contributed by atoms with E-state index in [1.807, 2.05) is 0 Å². The lowest BCUT2D eigenvalue weighted by atomic mass is 9.92. The zero-order valence-corrected chi connectivity index (χ0v) is 12.1. The van der Waals surface area contributed by atoms with Crippen LogP contribution in [-0.2, 0) is 11.2 Å². The van der Waals surface area contributed by atoms with Gasteiger partial charge in [0.2, 0.25) is 0 Å². The van der Waals surface area contributed by atoms with E-state index in [0.29, 0.717) is 10.7 Å². The van der Waals surface area contributed by atoms with Crippen molar-refractivity contribution in [1.29, 1.82) is 0 Å². The molecule has 1 aromatic rings. The number of ether oxygens (including phenoxy) is 2. The van der Waals surface area contributed by atoms with Gasteiger partial charge in [0.05, 0.1) is 13.2 Å². The van der Waals surface area contributed by atoms with Gasteiger partial charge in [-0.3, -0.25) is 0 Å². The predicted octanol–water partition coefficient (Wildman–Crippen LogP) is 3.87. The minimum absolute atomic E-state index is 0.407. The van der Waals surface area contributed by atoms with Crippen LogP contribution < -0.4 is 4.74 Å². The quantitative estimate of drug-likeness (QED) is 0.772. The van der Waals surface area contributed by atoms with Gasteiger partial charge >= 0.3 is 0 Å². The van der Waals surface area contributed by atoms with Crippen molar-refractivity contribution in [2.75, 3.05) is 19.8 Å². The van der Waals surface area contributed by atoms with Crippen molar-refractivity contribution in [2.24, 2.45) is 5.92 Å². The SMILES string of the molecule is BrC(c1ccc2c(c1)CCCO2)C1CCCOC1. The molecule has 1 fully saturated rings. The number of hydrogen-bond donors (Lipinski definition) is 0. The molecule has 2 heterocycles. The predicted molar refractivity (Wildman–Crippen MR) is 75.5 cm³/mol. The van der Waals surface area contributed by atoms with Crippen molar-refractivity contribution in [3.63, 3.8) is 0 Å². The Morgan fingerprint density at radius 1 is 1.22 bits per heavy atom. The zero-order valence-electron chi connectivity index (χ0n) is 10.5. The summed E-state index contributed by atoms with van der Waals surface area (Å²) in [6, 6.07) is 6.63. The van der Waals surface area contributed by atoms with Crippen molar-refractivity contribution in [1.82, 2.24) is 0 Å². The van der Waals surface area contributed by atoms with Crippen molar-refractivity contribution >= 4 is 15.9 Å². The van der Waals surface area contributed by atoms with Gasteiger partial charge in [0.15, 0.2) is 0 Å². The molecule has 1 aromatic carbocycles. The molecular weight excluding hydrogens is 292 g/mol. The third-order valence-electron chi connectivity index (χ3n) is 3.86. The van der Waals surface area contributed by atoms with Crippen LogP contribution in [0.25, 0.3) is 0 Å². The number of aryl methyl sites for hydroxylation is 1. The lowest BCUT2D eigenvalue weighted by Crippen LogP contribution is -2.21. The molecule has 0 N–H and O–H groups in total. The van der Waals surface area contributed by atoms with Crippen LogP contribution in [0.1, 0.15) is 35.2 Å². The first kappa shape index (κ1) is 12.5. The highest BCUT2D eigenvalue weighted by molar-refractivity contribution is 9.09. The highest BCUT2D eigenvalue weighted by atomic mass is 79.9. The lowest BCUT2D eigenvalue weighted by Gasteiger charge is -2.27. The van der Waals surface area contributed by atoms with Crippen molar-refractivity contribution in [3.05, 3.63) is 29.3 Å². The summed E-state index contributed by atoms with van der Waals surface area (Å²) in [4.78, 5) is 0.407. The molecule has 18 heavy (non-hydrogen) atoms. The number of benzene rings is 1. The highest BCUT2D eigenvalue weighted by Crippen LogP contribution is 2.38. The molecule has 0 amide bonds. The molecule has 0 aromatic heterocycles. The standard InChI is InChI=1S/C15H19BrO2/c16-15(13-4-1-7-17-10-13)12-5-6-14-11(9-12)3-2-8-18-14/h5-6,9,13,15H,1-4,7-8,10H2. The van der Waals surface area contributed by atoms with Gasteiger partial charge in [0.1, 0.15) is 5.75 Å². The molecule has 0 bridgehead atoms. The van der Waals surface area contributed by atoms with Gasteiger partial charge in [0, 0.05) is 11.4 Å². The summed E-state index contributed by atoms with van der Waals surface area (Å²) < 4.78 is 11.2. The molecule has 2 aliphatic rings. The molecule has 0 aliphatic carbocycles. The summed E-state index contributed by atoms with van der Waals surface area (Å²) >= 11 is 3.85. The Hall–Kier alpha value is -0.540. The molecule has 2 atom stereocenters. The Labute approximate surface area is 117 Å². The van der Waals surface area contributed by atoms with Crippen LogP contribution in [0, 0.1) is 5.92 Å². The second-order valence-electron chi connectivity index (χ2n) is 5.20. The van der Waals surface area contributed by atoms with Gasteiger partial charge in [0.25, 0.3) is 0 Å². The van der Waals surface area contributed by atoms with Crippen molar-refractivity contribution < 1.29 is 9.47 Å². The molecule has 1 saturated heterocycles. The smallest absolute Gasteiger partial charge is 0.122 e. The third kappa shape index (κ3) is 2.57. The Morgan fingerprint density at radius 2 is 2.17 bits per heavy atom. The number of rotatable bonds is 2. The molecule has 2 aliphatic heterocycles. The van der Waals surface area contributed by atoms with E-state index >= 15 is 0 Å². The first-order valence-electron chi connectivity index (χ1n) is 6.82. The van der Waals surface area contributed by atoms with Gasteiger partial charge in [-0.2, -0.15) is 0 Å². The fourth-order valence-corrected chi connectivity index (χ4v) is 3.52. The summed E-state index contributed by atoms with van der Waals surface area (Å²) in [7, 11) is 0. The number of halogens is 1. The van der Waals surface area contributed by atoms with E-state index in [-0.39, 0.29) is 0 Å². The van der Waals surface area contributed by atoms with Gasteiger partial charge in [-0.05, 0) is 48.8 Å². The normalized spacial score (nSPS) is 25.1.